The summed E-state index contributed by atoms with van der Waals surface area (Å²) in [5.41, 5.74) is 2.39. The Labute approximate surface area is 174 Å². The number of pyridine rings is 1. The quantitative estimate of drug-likeness (QED) is 0.307. The number of anilines is 1. The number of nitrogens with one attached hydrogen (secondary N) is 3. The maximum absolute atomic E-state index is 6.06. The molecule has 0 amide bonds. The zero-order chi connectivity index (χ0) is 20.3. The molecule has 1 saturated carbocycles. The molecule has 0 saturated heterocycles. The van der Waals surface area contributed by atoms with Crippen LogP contribution in [0.25, 0.3) is 0 Å². The van der Waals surface area contributed by atoms with E-state index in [1.807, 2.05) is 18.2 Å². The van der Waals surface area contributed by atoms with Crippen LogP contribution in [0.4, 0.5) is 5.82 Å². The average Bonchev–Trinajstić information content (AvgIpc) is 3.57. The first kappa shape index (κ1) is 21.0. The van der Waals surface area contributed by atoms with Crippen LogP contribution in [0.5, 0.6) is 5.75 Å². The molecule has 0 atom stereocenters. The van der Waals surface area contributed by atoms with Crippen molar-refractivity contribution in [2.24, 2.45) is 10.9 Å². The van der Waals surface area contributed by atoms with Gasteiger partial charge in [-0.15, -0.1) is 0 Å². The summed E-state index contributed by atoms with van der Waals surface area (Å²) in [6.45, 7) is 5.42. The van der Waals surface area contributed by atoms with Gasteiger partial charge in [-0.25, -0.2) is 4.98 Å². The predicted octanol–water partition coefficient (Wildman–Crippen LogP) is 3.74. The van der Waals surface area contributed by atoms with Crippen molar-refractivity contribution in [3.05, 3.63) is 53.7 Å². The van der Waals surface area contributed by atoms with Crippen molar-refractivity contribution in [1.82, 2.24) is 15.6 Å². The number of aryl methyl sites for hydroxylation is 1. The zero-order valence-corrected chi connectivity index (χ0v) is 17.6. The van der Waals surface area contributed by atoms with Gasteiger partial charge in [0, 0.05) is 38.4 Å². The Balaban J connectivity index is 1.35. The van der Waals surface area contributed by atoms with E-state index in [1.54, 1.807) is 13.2 Å². The molecule has 0 bridgehead atoms. The number of rotatable bonds is 11. The zero-order valence-electron chi connectivity index (χ0n) is 17.6. The third-order valence-electron chi connectivity index (χ3n) is 4.93. The van der Waals surface area contributed by atoms with E-state index in [9.17, 15) is 0 Å². The maximum Gasteiger partial charge on any atom is 0.191 e. The smallest absolute Gasteiger partial charge is 0.191 e. The lowest BCUT2D eigenvalue weighted by atomic mass is 10.1. The van der Waals surface area contributed by atoms with Gasteiger partial charge in [0.25, 0.3) is 0 Å². The Kier molecular flexibility index (Phi) is 8.16. The molecule has 0 radical (unpaired) electrons. The minimum Gasteiger partial charge on any atom is -0.493 e. The standard InChI is InChI=1S/C23H33N5O/c1-18-8-11-20(21(15-18)29-17-19-9-10-19)16-28-23(24-2)27-14-6-5-13-26-22-7-3-4-12-25-22/h3-4,7-8,11-12,15,19H,5-6,9-10,13-14,16-17H2,1-2H3,(H,25,26)(H2,24,27,28). The molecule has 0 spiro atoms. The highest BCUT2D eigenvalue weighted by Gasteiger charge is 2.22. The minimum absolute atomic E-state index is 0.696. The third kappa shape index (κ3) is 7.64. The van der Waals surface area contributed by atoms with Gasteiger partial charge in [-0.2, -0.15) is 0 Å². The number of hydrogen-bond acceptors (Lipinski definition) is 4. The first-order chi connectivity index (χ1) is 14.2. The molecule has 1 heterocycles. The number of benzene rings is 1. The topological polar surface area (TPSA) is 70.6 Å². The van der Waals surface area contributed by atoms with Crippen LogP contribution in [-0.4, -0.2) is 37.7 Å². The monoisotopic (exact) mass is 395 g/mol. The van der Waals surface area contributed by atoms with E-state index in [4.69, 9.17) is 4.74 Å². The second kappa shape index (κ2) is 11.3. The van der Waals surface area contributed by atoms with Gasteiger partial charge in [0.05, 0.1) is 6.61 Å². The molecule has 6 heteroatoms. The SMILES string of the molecule is CN=C(NCCCCNc1ccccn1)NCc1ccc(C)cc1OCC1CC1. The van der Waals surface area contributed by atoms with Crippen LogP contribution < -0.4 is 20.7 Å². The molecule has 2 aromatic rings. The lowest BCUT2D eigenvalue weighted by Gasteiger charge is -2.15. The number of aliphatic imine (C=N–C) groups is 1. The molecule has 6 nitrogen and oxygen atoms in total. The van der Waals surface area contributed by atoms with E-state index >= 15 is 0 Å². The predicted molar refractivity (Wildman–Crippen MR) is 120 cm³/mol. The lowest BCUT2D eigenvalue weighted by molar-refractivity contribution is 0.296. The first-order valence-corrected chi connectivity index (χ1v) is 10.6. The summed E-state index contributed by atoms with van der Waals surface area (Å²) in [4.78, 5) is 8.59. The number of aromatic nitrogens is 1. The van der Waals surface area contributed by atoms with E-state index in [0.717, 1.165) is 56.0 Å². The van der Waals surface area contributed by atoms with Crippen LogP contribution in [0.2, 0.25) is 0 Å². The Morgan fingerprint density at radius 3 is 2.76 bits per heavy atom. The largest absolute Gasteiger partial charge is 0.493 e. The molecule has 1 aliphatic rings. The van der Waals surface area contributed by atoms with E-state index in [0.29, 0.717) is 6.54 Å². The van der Waals surface area contributed by atoms with Gasteiger partial charge >= 0.3 is 0 Å². The Hall–Kier alpha value is -2.76. The van der Waals surface area contributed by atoms with Crippen molar-refractivity contribution in [2.45, 2.75) is 39.2 Å². The van der Waals surface area contributed by atoms with E-state index in [2.05, 4.69) is 51.0 Å². The second-order valence-corrected chi connectivity index (χ2v) is 7.57. The fourth-order valence-corrected chi connectivity index (χ4v) is 2.97. The molecular weight excluding hydrogens is 362 g/mol. The number of guanidine groups is 1. The molecule has 3 N–H and O–H groups in total. The van der Waals surface area contributed by atoms with Crippen LogP contribution in [0.1, 0.15) is 36.8 Å². The van der Waals surface area contributed by atoms with Crippen molar-refractivity contribution < 1.29 is 4.74 Å². The molecule has 1 aromatic heterocycles. The molecule has 1 aliphatic carbocycles. The summed E-state index contributed by atoms with van der Waals surface area (Å²) >= 11 is 0. The second-order valence-electron chi connectivity index (χ2n) is 7.57. The summed E-state index contributed by atoms with van der Waals surface area (Å²) in [6, 6.07) is 12.3. The maximum atomic E-state index is 6.06. The molecule has 0 unspecified atom stereocenters. The lowest BCUT2D eigenvalue weighted by Crippen LogP contribution is -2.37. The number of nitrogens with zero attached hydrogens (tertiary/aromatic N) is 2. The minimum atomic E-state index is 0.696. The van der Waals surface area contributed by atoms with Gasteiger partial charge in [-0.3, -0.25) is 4.99 Å². The highest BCUT2D eigenvalue weighted by Crippen LogP contribution is 2.30. The summed E-state index contributed by atoms with van der Waals surface area (Å²) in [5, 5.41) is 10.1. The van der Waals surface area contributed by atoms with E-state index < -0.39 is 0 Å². The van der Waals surface area contributed by atoms with Crippen LogP contribution in [0, 0.1) is 12.8 Å². The van der Waals surface area contributed by atoms with Gasteiger partial charge in [0.1, 0.15) is 11.6 Å². The van der Waals surface area contributed by atoms with E-state index in [-0.39, 0.29) is 0 Å². The van der Waals surface area contributed by atoms with Crippen molar-refractivity contribution in [3.63, 3.8) is 0 Å². The molecule has 156 valence electrons. The van der Waals surface area contributed by atoms with Gasteiger partial charge in [0.2, 0.25) is 0 Å². The molecule has 3 rings (SSSR count). The van der Waals surface area contributed by atoms with Crippen molar-refractivity contribution in [3.8, 4) is 5.75 Å². The fourth-order valence-electron chi connectivity index (χ4n) is 2.97. The molecule has 29 heavy (non-hydrogen) atoms. The Morgan fingerprint density at radius 2 is 2.00 bits per heavy atom. The highest BCUT2D eigenvalue weighted by molar-refractivity contribution is 5.79. The first-order valence-electron chi connectivity index (χ1n) is 10.6. The van der Waals surface area contributed by atoms with Crippen molar-refractivity contribution >= 4 is 11.8 Å². The Morgan fingerprint density at radius 1 is 1.14 bits per heavy atom. The fraction of sp³-hybridized carbons (Fsp3) is 0.478. The van der Waals surface area contributed by atoms with Crippen LogP contribution >= 0.6 is 0 Å². The van der Waals surface area contributed by atoms with Gasteiger partial charge in [0.15, 0.2) is 5.96 Å². The van der Waals surface area contributed by atoms with Gasteiger partial charge in [-0.1, -0.05) is 18.2 Å². The van der Waals surface area contributed by atoms with Crippen LogP contribution in [0.3, 0.4) is 0 Å². The molecule has 1 fully saturated rings. The Bertz CT molecular complexity index is 774. The summed E-state index contributed by atoms with van der Waals surface area (Å²) < 4.78 is 6.06. The third-order valence-corrected chi connectivity index (χ3v) is 4.93. The summed E-state index contributed by atoms with van der Waals surface area (Å²) in [7, 11) is 1.80. The van der Waals surface area contributed by atoms with Crippen molar-refractivity contribution in [2.75, 3.05) is 32.1 Å². The molecule has 1 aromatic carbocycles. The summed E-state index contributed by atoms with van der Waals surface area (Å²) in [5.74, 6) is 3.48. The summed E-state index contributed by atoms with van der Waals surface area (Å²) in [6.07, 6.45) is 6.52. The highest BCUT2D eigenvalue weighted by atomic mass is 16.5. The number of hydrogen-bond donors (Lipinski definition) is 3. The van der Waals surface area contributed by atoms with Gasteiger partial charge in [-0.05, 0) is 62.3 Å². The van der Waals surface area contributed by atoms with Crippen LogP contribution in [0.15, 0.2) is 47.6 Å². The van der Waals surface area contributed by atoms with Crippen LogP contribution in [-0.2, 0) is 6.54 Å². The van der Waals surface area contributed by atoms with Gasteiger partial charge < -0.3 is 20.7 Å². The number of unbranched alkanes of at least 4 members (excludes halogenated alkanes) is 1. The van der Waals surface area contributed by atoms with Crippen molar-refractivity contribution in [1.29, 1.82) is 0 Å². The molecule has 0 aliphatic heterocycles. The normalized spacial score (nSPS) is 13.8. The molecular formula is C23H33N5O. The average molecular weight is 396 g/mol. The van der Waals surface area contributed by atoms with E-state index in [1.165, 1.54) is 24.0 Å². The number of ether oxygens (including phenoxy) is 1.